The summed E-state index contributed by atoms with van der Waals surface area (Å²) in [5.41, 5.74) is 2.04. The summed E-state index contributed by atoms with van der Waals surface area (Å²) in [6.07, 6.45) is 2.99. The van der Waals surface area contributed by atoms with Gasteiger partial charge in [0.15, 0.2) is 11.5 Å². The van der Waals surface area contributed by atoms with Crippen molar-refractivity contribution in [1.29, 1.82) is 0 Å². The Morgan fingerprint density at radius 3 is 2.32 bits per heavy atom. The minimum Gasteiger partial charge on any atom is -0.454 e. The molecule has 0 saturated carbocycles. The van der Waals surface area contributed by atoms with Crippen molar-refractivity contribution in [2.45, 2.75) is 45.1 Å². The Kier molecular flexibility index (Phi) is 6.08. The molecule has 2 aromatic carbocycles. The first kappa shape index (κ1) is 21.1. The lowest BCUT2D eigenvalue weighted by atomic mass is 9.98. The lowest BCUT2D eigenvalue weighted by molar-refractivity contribution is -0.385. The summed E-state index contributed by atoms with van der Waals surface area (Å²) in [6, 6.07) is 9.86. The molecule has 2 aromatic rings. The summed E-state index contributed by atoms with van der Waals surface area (Å²) in [4.78, 5) is 26.9. The van der Waals surface area contributed by atoms with E-state index in [2.05, 4.69) is 19.2 Å². The van der Waals surface area contributed by atoms with Gasteiger partial charge in [-0.1, -0.05) is 32.4 Å². The number of hydrogen-bond donors (Lipinski definition) is 1. The summed E-state index contributed by atoms with van der Waals surface area (Å²) in [5.74, 6) is 0.859. The van der Waals surface area contributed by atoms with Gasteiger partial charge in [-0.2, -0.15) is 0 Å². The number of ether oxygens (including phenoxy) is 2. The fourth-order valence-electron chi connectivity index (χ4n) is 4.17. The van der Waals surface area contributed by atoms with Crippen molar-refractivity contribution in [3.8, 4) is 11.5 Å². The van der Waals surface area contributed by atoms with Gasteiger partial charge in [-0.3, -0.25) is 19.8 Å². The van der Waals surface area contributed by atoms with Crippen LogP contribution in [0.1, 0.15) is 56.2 Å². The molecule has 1 N–H and O–H groups in total. The maximum Gasteiger partial charge on any atom is 0.278 e. The highest BCUT2D eigenvalue weighted by molar-refractivity contribution is 5.96. The molecule has 8 nitrogen and oxygen atoms in total. The molecule has 164 valence electrons. The van der Waals surface area contributed by atoms with E-state index in [-0.39, 0.29) is 18.4 Å². The molecular formula is C23H27N3O5. The van der Waals surface area contributed by atoms with Crippen molar-refractivity contribution >= 4 is 17.3 Å². The van der Waals surface area contributed by atoms with Crippen LogP contribution in [0.4, 0.5) is 11.4 Å². The third-order valence-corrected chi connectivity index (χ3v) is 5.86. The molecule has 2 aliphatic heterocycles. The Hall–Kier alpha value is -3.13. The van der Waals surface area contributed by atoms with Crippen LogP contribution in [-0.2, 0) is 4.79 Å². The van der Waals surface area contributed by atoms with Crippen LogP contribution < -0.4 is 14.8 Å². The fourth-order valence-corrected chi connectivity index (χ4v) is 4.17. The number of carbonyl (C=O) groups is 1. The number of nitrogens with zero attached hydrogens (tertiary/aromatic N) is 2. The predicted octanol–water partition coefficient (Wildman–Crippen LogP) is 4.61. The number of hydrogen-bond acceptors (Lipinski definition) is 6. The lowest BCUT2D eigenvalue weighted by Crippen LogP contribution is -2.40. The van der Waals surface area contributed by atoms with Gasteiger partial charge in [0.25, 0.3) is 5.69 Å². The Morgan fingerprint density at radius 2 is 1.71 bits per heavy atom. The molecule has 1 unspecified atom stereocenters. The molecule has 0 bridgehead atoms. The average Bonchev–Trinajstić information content (AvgIpc) is 3.22. The van der Waals surface area contributed by atoms with Gasteiger partial charge >= 0.3 is 0 Å². The van der Waals surface area contributed by atoms with Crippen LogP contribution >= 0.6 is 0 Å². The van der Waals surface area contributed by atoms with Crippen molar-refractivity contribution < 1.29 is 19.2 Å². The zero-order chi connectivity index (χ0) is 22.0. The number of fused-ring (bicyclic) bond motifs is 1. The smallest absolute Gasteiger partial charge is 0.278 e. The number of nitrogens with one attached hydrogen (secondary N) is 1. The first-order valence-electron chi connectivity index (χ1n) is 10.7. The minimum atomic E-state index is -0.792. The number of benzene rings is 2. The Labute approximate surface area is 181 Å². The summed E-state index contributed by atoms with van der Waals surface area (Å²) in [7, 11) is 0. The number of amides is 1. The van der Waals surface area contributed by atoms with Gasteiger partial charge in [0.2, 0.25) is 12.7 Å². The summed E-state index contributed by atoms with van der Waals surface area (Å²) in [6.45, 7) is 5.64. The quantitative estimate of drug-likeness (QED) is 0.536. The average molecular weight is 425 g/mol. The second-order valence-corrected chi connectivity index (χ2v) is 8.29. The van der Waals surface area contributed by atoms with Gasteiger partial charge < -0.3 is 14.8 Å². The first-order valence-corrected chi connectivity index (χ1v) is 10.7. The van der Waals surface area contributed by atoms with Gasteiger partial charge in [-0.05, 0) is 55.6 Å². The van der Waals surface area contributed by atoms with Gasteiger partial charge in [0.05, 0.1) is 16.6 Å². The molecule has 2 heterocycles. The maximum atomic E-state index is 13.5. The molecule has 0 aliphatic carbocycles. The number of anilines is 1. The second-order valence-electron chi connectivity index (χ2n) is 8.29. The molecule has 1 amide bonds. The van der Waals surface area contributed by atoms with E-state index < -0.39 is 11.0 Å². The van der Waals surface area contributed by atoms with E-state index in [1.54, 1.807) is 6.07 Å². The van der Waals surface area contributed by atoms with Crippen LogP contribution in [0.15, 0.2) is 36.4 Å². The lowest BCUT2D eigenvalue weighted by Gasteiger charge is -2.33. The van der Waals surface area contributed by atoms with Crippen molar-refractivity contribution in [3.63, 3.8) is 0 Å². The van der Waals surface area contributed by atoms with Crippen LogP contribution in [0.2, 0.25) is 0 Å². The van der Waals surface area contributed by atoms with Crippen molar-refractivity contribution in [1.82, 2.24) is 4.90 Å². The van der Waals surface area contributed by atoms with Crippen LogP contribution in [0.25, 0.3) is 0 Å². The van der Waals surface area contributed by atoms with E-state index in [4.69, 9.17) is 9.47 Å². The van der Waals surface area contributed by atoms with E-state index in [9.17, 15) is 14.9 Å². The zero-order valence-electron chi connectivity index (χ0n) is 17.8. The Balaban J connectivity index is 1.69. The van der Waals surface area contributed by atoms with Crippen LogP contribution in [0, 0.1) is 10.1 Å². The number of rotatable bonds is 6. The van der Waals surface area contributed by atoms with E-state index in [1.807, 2.05) is 29.2 Å². The van der Waals surface area contributed by atoms with Crippen molar-refractivity contribution in [3.05, 3.63) is 57.6 Å². The molecule has 0 spiro atoms. The topological polar surface area (TPSA) is 93.9 Å². The standard InChI is InChI=1S/C23H27N3O5/c1-15(2)16-6-8-17(9-7-16)24-23(27)22(25-10-4-3-5-11-25)18-12-20-21(31-14-30-20)13-19(18)26(28)29/h6-9,12-13,15,22H,3-5,10-11,14H2,1-2H3,(H,24,27). The molecule has 8 heteroatoms. The molecule has 1 saturated heterocycles. The number of carbonyl (C=O) groups excluding carboxylic acids is 1. The van der Waals surface area contributed by atoms with E-state index in [0.717, 1.165) is 19.3 Å². The highest BCUT2D eigenvalue weighted by Gasteiger charge is 2.36. The summed E-state index contributed by atoms with van der Waals surface area (Å²) < 4.78 is 10.8. The molecule has 2 aliphatic rings. The predicted molar refractivity (Wildman–Crippen MR) is 117 cm³/mol. The van der Waals surface area contributed by atoms with Crippen LogP contribution in [0.3, 0.4) is 0 Å². The minimum absolute atomic E-state index is 0.0126. The fraction of sp³-hybridized carbons (Fsp3) is 0.435. The third-order valence-electron chi connectivity index (χ3n) is 5.86. The monoisotopic (exact) mass is 425 g/mol. The molecular weight excluding hydrogens is 398 g/mol. The highest BCUT2D eigenvalue weighted by atomic mass is 16.7. The number of nitro groups is 1. The van der Waals surface area contributed by atoms with Gasteiger partial charge in [-0.25, -0.2) is 0 Å². The van der Waals surface area contributed by atoms with Gasteiger partial charge in [0.1, 0.15) is 6.04 Å². The maximum absolute atomic E-state index is 13.5. The van der Waals surface area contributed by atoms with Gasteiger partial charge in [0, 0.05) is 5.69 Å². The SMILES string of the molecule is CC(C)c1ccc(NC(=O)C(c2cc3c(cc2[N+](=O)[O-])OCO3)N2CCCCC2)cc1. The number of likely N-dealkylation sites (tertiary alicyclic amines) is 1. The van der Waals surface area contributed by atoms with Crippen molar-refractivity contribution in [2.24, 2.45) is 0 Å². The largest absolute Gasteiger partial charge is 0.454 e. The number of nitro benzene ring substituents is 1. The van der Waals surface area contributed by atoms with E-state index in [1.165, 1.54) is 11.6 Å². The normalized spacial score (nSPS) is 16.9. The van der Waals surface area contributed by atoms with E-state index in [0.29, 0.717) is 41.8 Å². The zero-order valence-corrected chi connectivity index (χ0v) is 17.8. The Bertz CT molecular complexity index is 968. The van der Waals surface area contributed by atoms with Crippen LogP contribution in [0.5, 0.6) is 11.5 Å². The Morgan fingerprint density at radius 1 is 1.06 bits per heavy atom. The highest BCUT2D eigenvalue weighted by Crippen LogP contribution is 2.42. The summed E-state index contributed by atoms with van der Waals surface area (Å²) in [5, 5.41) is 14.8. The second kappa shape index (κ2) is 8.93. The molecule has 1 atom stereocenters. The molecule has 31 heavy (non-hydrogen) atoms. The summed E-state index contributed by atoms with van der Waals surface area (Å²) >= 11 is 0. The molecule has 1 fully saturated rings. The molecule has 0 aromatic heterocycles. The third kappa shape index (κ3) is 4.49. The van der Waals surface area contributed by atoms with Gasteiger partial charge in [-0.15, -0.1) is 0 Å². The number of piperidine rings is 1. The molecule has 4 rings (SSSR count). The van der Waals surface area contributed by atoms with E-state index >= 15 is 0 Å². The first-order chi connectivity index (χ1) is 14.9. The molecule has 0 radical (unpaired) electrons. The van der Waals surface area contributed by atoms with Crippen LogP contribution in [-0.4, -0.2) is 35.6 Å². The van der Waals surface area contributed by atoms with Crippen molar-refractivity contribution in [2.75, 3.05) is 25.2 Å².